The van der Waals surface area contributed by atoms with Gasteiger partial charge in [-0.05, 0) is 18.4 Å². The lowest BCUT2D eigenvalue weighted by molar-refractivity contribution is 0.536. The summed E-state index contributed by atoms with van der Waals surface area (Å²) in [6.07, 6.45) is 30.1. The van der Waals surface area contributed by atoms with E-state index in [1.165, 1.54) is 102 Å². The maximum Gasteiger partial charge on any atom is -0.0257 e. The molecule has 1 aromatic carbocycles. The highest BCUT2D eigenvalue weighted by Gasteiger charge is 1.93. The van der Waals surface area contributed by atoms with Gasteiger partial charge in [0.25, 0.3) is 0 Å². The van der Waals surface area contributed by atoms with E-state index in [4.69, 9.17) is 0 Å². The molecule has 1 aromatic rings. The van der Waals surface area contributed by atoms with E-state index < -0.39 is 0 Å². The predicted octanol–water partition coefficient (Wildman–Crippen LogP) is 9.13. The maximum absolute atomic E-state index is 2.31. The summed E-state index contributed by atoms with van der Waals surface area (Å²) in [5.41, 5.74) is 1.27. The summed E-state index contributed by atoms with van der Waals surface area (Å²) in [7, 11) is 0. The van der Waals surface area contributed by atoms with Gasteiger partial charge in [0, 0.05) is 0 Å². The second kappa shape index (κ2) is 18.5. The smallest absolute Gasteiger partial charge is 0.0257 e. The van der Waals surface area contributed by atoms with Crippen molar-refractivity contribution in [3.8, 4) is 0 Å². The molecule has 146 valence electrons. The molecule has 0 fully saturated rings. The Labute approximate surface area is 163 Å². The lowest BCUT2D eigenvalue weighted by Crippen LogP contribution is -1.83. The van der Waals surface area contributed by atoms with E-state index >= 15 is 0 Å². The molecule has 0 aliphatic rings. The zero-order chi connectivity index (χ0) is 18.5. The van der Waals surface area contributed by atoms with Crippen LogP contribution in [0.25, 0.3) is 6.08 Å². The topological polar surface area (TPSA) is 0 Å². The van der Waals surface area contributed by atoms with Gasteiger partial charge < -0.3 is 0 Å². The van der Waals surface area contributed by atoms with E-state index in [0.29, 0.717) is 0 Å². The Kier molecular flexibility index (Phi) is 16.2. The maximum atomic E-state index is 2.31. The Hall–Kier alpha value is -1.30. The van der Waals surface area contributed by atoms with Crippen LogP contribution in [0.15, 0.2) is 48.6 Å². The molecule has 0 saturated carbocycles. The van der Waals surface area contributed by atoms with Crippen LogP contribution in [0.3, 0.4) is 0 Å². The molecule has 0 bridgehead atoms. The van der Waals surface area contributed by atoms with E-state index in [1.54, 1.807) is 0 Å². The van der Waals surface area contributed by atoms with E-state index in [2.05, 4.69) is 61.6 Å². The number of benzene rings is 1. The first-order chi connectivity index (χ1) is 12.9. The second-order valence-electron chi connectivity index (χ2n) is 7.58. The van der Waals surface area contributed by atoms with Gasteiger partial charge in [-0.3, -0.25) is 0 Å². The molecule has 0 heteroatoms. The molecule has 0 aromatic heterocycles. The normalized spacial score (nSPS) is 11.7. The fourth-order valence-corrected chi connectivity index (χ4v) is 3.36. The van der Waals surface area contributed by atoms with Gasteiger partial charge in [-0.15, -0.1) is 0 Å². The van der Waals surface area contributed by atoms with Crippen LogP contribution in [-0.4, -0.2) is 0 Å². The largest absolute Gasteiger partial charge is 0.0845 e. The summed E-state index contributed by atoms with van der Waals surface area (Å²) in [5.74, 6) is 0. The monoisotopic (exact) mass is 354 g/mol. The van der Waals surface area contributed by atoms with Crippen molar-refractivity contribution in [3.63, 3.8) is 0 Å². The van der Waals surface area contributed by atoms with Crippen molar-refractivity contribution < 1.29 is 0 Å². The first kappa shape index (κ1) is 22.7. The summed E-state index contributed by atoms with van der Waals surface area (Å²) in [6.45, 7) is 2.29. The Morgan fingerprint density at radius 1 is 0.577 bits per heavy atom. The molecule has 0 aliphatic heterocycles. The molecular weight excluding hydrogens is 312 g/mol. The average Bonchev–Trinajstić information content (AvgIpc) is 2.68. The minimum Gasteiger partial charge on any atom is -0.0845 e. The van der Waals surface area contributed by atoms with Crippen LogP contribution in [-0.2, 0) is 0 Å². The highest BCUT2D eigenvalue weighted by Crippen LogP contribution is 2.13. The zero-order valence-corrected chi connectivity index (χ0v) is 17.3. The molecule has 0 spiro atoms. The standard InChI is InChI=1S/C26H42/c1-2-3-4-5-6-7-8-9-10-11-12-13-14-15-16-17-18-20-23-26-24-21-19-22-25-26/h17-25H,2-16H2,1H3. The lowest BCUT2D eigenvalue weighted by Gasteiger charge is -2.02. The van der Waals surface area contributed by atoms with Gasteiger partial charge in [0.2, 0.25) is 0 Å². The fraction of sp³-hybridized carbons (Fsp3) is 0.615. The third-order valence-electron chi connectivity index (χ3n) is 5.06. The van der Waals surface area contributed by atoms with Crippen LogP contribution in [0.1, 0.15) is 109 Å². The predicted molar refractivity (Wildman–Crippen MR) is 120 cm³/mol. The van der Waals surface area contributed by atoms with Gasteiger partial charge in [0.05, 0.1) is 0 Å². The molecule has 0 amide bonds. The second-order valence-corrected chi connectivity index (χ2v) is 7.58. The first-order valence-electron chi connectivity index (χ1n) is 11.3. The van der Waals surface area contributed by atoms with Crippen molar-refractivity contribution in [2.75, 3.05) is 0 Å². The van der Waals surface area contributed by atoms with Crippen LogP contribution in [0.2, 0.25) is 0 Å². The number of rotatable bonds is 17. The minimum absolute atomic E-state index is 1.22. The third-order valence-corrected chi connectivity index (χ3v) is 5.06. The van der Waals surface area contributed by atoms with Crippen molar-refractivity contribution in [2.45, 2.75) is 103 Å². The number of allylic oxidation sites excluding steroid dienone is 3. The number of unbranched alkanes of at least 4 members (excludes halogenated alkanes) is 14. The molecule has 1 rings (SSSR count). The highest BCUT2D eigenvalue weighted by molar-refractivity contribution is 5.50. The molecule has 0 heterocycles. The van der Waals surface area contributed by atoms with Crippen LogP contribution < -0.4 is 0 Å². The molecule has 0 nitrogen and oxygen atoms in total. The summed E-state index contributed by atoms with van der Waals surface area (Å²) in [6, 6.07) is 10.5. The van der Waals surface area contributed by atoms with Crippen LogP contribution in [0, 0.1) is 0 Å². The zero-order valence-electron chi connectivity index (χ0n) is 17.3. The molecule has 0 saturated heterocycles. The van der Waals surface area contributed by atoms with Gasteiger partial charge in [0.1, 0.15) is 0 Å². The quantitative estimate of drug-likeness (QED) is 0.193. The van der Waals surface area contributed by atoms with Gasteiger partial charge in [-0.25, -0.2) is 0 Å². The van der Waals surface area contributed by atoms with Crippen molar-refractivity contribution in [1.29, 1.82) is 0 Å². The fourth-order valence-electron chi connectivity index (χ4n) is 3.36. The van der Waals surface area contributed by atoms with Crippen LogP contribution in [0.4, 0.5) is 0 Å². The third kappa shape index (κ3) is 15.0. The van der Waals surface area contributed by atoms with E-state index in [9.17, 15) is 0 Å². The summed E-state index contributed by atoms with van der Waals surface area (Å²) < 4.78 is 0. The molecule has 0 aliphatic carbocycles. The summed E-state index contributed by atoms with van der Waals surface area (Å²) in [5, 5.41) is 0. The van der Waals surface area contributed by atoms with Gasteiger partial charge in [0.15, 0.2) is 0 Å². The Balaban J connectivity index is 1.78. The highest BCUT2D eigenvalue weighted by atomic mass is 14.0. The van der Waals surface area contributed by atoms with Crippen molar-refractivity contribution in [3.05, 3.63) is 54.1 Å². The van der Waals surface area contributed by atoms with Crippen LogP contribution >= 0.6 is 0 Å². The van der Waals surface area contributed by atoms with E-state index in [1.807, 2.05) is 0 Å². The molecule has 0 atom stereocenters. The van der Waals surface area contributed by atoms with E-state index in [-0.39, 0.29) is 0 Å². The van der Waals surface area contributed by atoms with Gasteiger partial charge in [-0.2, -0.15) is 0 Å². The van der Waals surface area contributed by atoms with Crippen molar-refractivity contribution >= 4 is 6.08 Å². The summed E-state index contributed by atoms with van der Waals surface area (Å²) in [4.78, 5) is 0. The van der Waals surface area contributed by atoms with Gasteiger partial charge >= 0.3 is 0 Å². The molecule has 0 N–H and O–H groups in total. The molecule has 0 radical (unpaired) electrons. The van der Waals surface area contributed by atoms with Crippen LogP contribution in [0.5, 0.6) is 0 Å². The lowest BCUT2D eigenvalue weighted by atomic mass is 10.0. The number of hydrogen-bond acceptors (Lipinski definition) is 0. The molecule has 26 heavy (non-hydrogen) atoms. The average molecular weight is 355 g/mol. The minimum atomic E-state index is 1.22. The SMILES string of the molecule is CCCCCCCCCCCCCCCCC=CC=Cc1ccccc1. The van der Waals surface area contributed by atoms with Gasteiger partial charge in [-0.1, -0.05) is 145 Å². The van der Waals surface area contributed by atoms with E-state index in [0.717, 1.165) is 0 Å². The Morgan fingerprint density at radius 2 is 1.08 bits per heavy atom. The molecule has 0 unspecified atom stereocenters. The number of hydrogen-bond donors (Lipinski definition) is 0. The first-order valence-corrected chi connectivity index (χ1v) is 11.3. The molecular formula is C26H42. The van der Waals surface area contributed by atoms with Crippen molar-refractivity contribution in [2.24, 2.45) is 0 Å². The Morgan fingerprint density at radius 3 is 1.62 bits per heavy atom. The summed E-state index contributed by atoms with van der Waals surface area (Å²) >= 11 is 0. The van der Waals surface area contributed by atoms with Crippen molar-refractivity contribution in [1.82, 2.24) is 0 Å². The Bertz CT molecular complexity index is 440.